The molecule has 1 saturated heterocycles. The number of tetrazole rings is 1. The topological polar surface area (TPSA) is 93.0 Å². The highest BCUT2D eigenvalue weighted by Crippen LogP contribution is 2.26. The number of aryl methyl sites for hydroxylation is 1. The molecule has 142 valence electrons. The second-order valence-corrected chi connectivity index (χ2v) is 6.43. The van der Waals surface area contributed by atoms with Gasteiger partial charge in [0, 0.05) is 24.2 Å². The molecule has 0 radical (unpaired) electrons. The Bertz CT molecular complexity index is 1030. The molecule has 0 bridgehead atoms. The number of piperazine rings is 1. The van der Waals surface area contributed by atoms with Crippen molar-refractivity contribution < 1.29 is 14.0 Å². The number of rotatable bonds is 3. The molecule has 8 nitrogen and oxygen atoms in total. The van der Waals surface area contributed by atoms with E-state index < -0.39 is 11.9 Å². The van der Waals surface area contributed by atoms with Gasteiger partial charge in [0.25, 0.3) is 5.91 Å². The molecule has 2 amide bonds. The Kier molecular flexibility index (Phi) is 4.56. The van der Waals surface area contributed by atoms with E-state index in [0.717, 1.165) is 5.56 Å². The second-order valence-electron chi connectivity index (χ2n) is 6.43. The molecule has 4 rings (SSSR count). The van der Waals surface area contributed by atoms with Gasteiger partial charge >= 0.3 is 0 Å². The fourth-order valence-electron chi connectivity index (χ4n) is 3.22. The highest BCUT2D eigenvalue weighted by atomic mass is 19.1. The standard InChI is InChI=1S/C19H17FN6O2/c1-25-23-17(22-24-25)12-5-7-13(8-6-12)19(28)26-10-9-21-18(27)16(26)14-3-2-4-15(20)11-14/h2-8,11,16H,9-10H2,1H3,(H,21,27). The Morgan fingerprint density at radius 2 is 2.00 bits per heavy atom. The number of hydrogen-bond acceptors (Lipinski definition) is 5. The summed E-state index contributed by atoms with van der Waals surface area (Å²) in [5.41, 5.74) is 1.58. The number of halogens is 1. The van der Waals surface area contributed by atoms with Crippen LogP contribution in [0.4, 0.5) is 4.39 Å². The first-order valence-corrected chi connectivity index (χ1v) is 8.71. The number of nitrogens with zero attached hydrogens (tertiary/aromatic N) is 5. The van der Waals surface area contributed by atoms with Gasteiger partial charge in [-0.1, -0.05) is 24.3 Å². The first-order chi connectivity index (χ1) is 13.5. The average Bonchev–Trinajstić information content (AvgIpc) is 3.13. The van der Waals surface area contributed by atoms with Crippen molar-refractivity contribution >= 4 is 11.8 Å². The van der Waals surface area contributed by atoms with Crippen molar-refractivity contribution in [1.29, 1.82) is 0 Å². The van der Waals surface area contributed by atoms with Gasteiger partial charge in [0.1, 0.15) is 11.9 Å². The lowest BCUT2D eigenvalue weighted by Crippen LogP contribution is -2.52. The van der Waals surface area contributed by atoms with Gasteiger partial charge in [0.2, 0.25) is 11.7 Å². The number of carbonyl (C=O) groups excluding carboxylic acids is 2. The number of nitrogens with one attached hydrogen (secondary N) is 1. The summed E-state index contributed by atoms with van der Waals surface area (Å²) >= 11 is 0. The van der Waals surface area contributed by atoms with Crippen LogP contribution >= 0.6 is 0 Å². The monoisotopic (exact) mass is 380 g/mol. The van der Waals surface area contributed by atoms with Gasteiger partial charge < -0.3 is 10.2 Å². The van der Waals surface area contributed by atoms with Crippen molar-refractivity contribution in [2.24, 2.45) is 7.05 Å². The lowest BCUT2D eigenvalue weighted by atomic mass is 10.0. The number of hydrogen-bond donors (Lipinski definition) is 1. The van der Waals surface area contributed by atoms with E-state index in [2.05, 4.69) is 20.7 Å². The fourth-order valence-corrected chi connectivity index (χ4v) is 3.22. The fraction of sp³-hybridized carbons (Fsp3) is 0.211. The third-order valence-corrected chi connectivity index (χ3v) is 4.54. The molecule has 2 heterocycles. The van der Waals surface area contributed by atoms with Crippen molar-refractivity contribution in [3.8, 4) is 11.4 Å². The number of carbonyl (C=O) groups is 2. The van der Waals surface area contributed by atoms with Gasteiger partial charge in [-0.2, -0.15) is 4.80 Å². The zero-order chi connectivity index (χ0) is 19.7. The van der Waals surface area contributed by atoms with Crippen LogP contribution in [0.25, 0.3) is 11.4 Å². The quantitative estimate of drug-likeness (QED) is 0.740. The smallest absolute Gasteiger partial charge is 0.254 e. The molecule has 1 aromatic heterocycles. The van der Waals surface area contributed by atoms with E-state index in [-0.39, 0.29) is 11.8 Å². The molecule has 1 aliphatic heterocycles. The van der Waals surface area contributed by atoms with Gasteiger partial charge in [-0.05, 0) is 35.0 Å². The van der Waals surface area contributed by atoms with Crippen LogP contribution in [0.3, 0.4) is 0 Å². The molecule has 1 atom stereocenters. The lowest BCUT2D eigenvalue weighted by Gasteiger charge is -2.35. The summed E-state index contributed by atoms with van der Waals surface area (Å²) in [6, 6.07) is 11.6. The molecule has 1 fully saturated rings. The van der Waals surface area contributed by atoms with Crippen LogP contribution in [-0.2, 0) is 11.8 Å². The molecule has 0 saturated carbocycles. The van der Waals surface area contributed by atoms with Crippen LogP contribution in [0.15, 0.2) is 48.5 Å². The van der Waals surface area contributed by atoms with Gasteiger partial charge in [-0.15, -0.1) is 10.2 Å². The van der Waals surface area contributed by atoms with E-state index in [9.17, 15) is 14.0 Å². The van der Waals surface area contributed by atoms with Crippen LogP contribution in [0, 0.1) is 5.82 Å². The number of benzene rings is 2. The zero-order valence-corrected chi connectivity index (χ0v) is 15.0. The lowest BCUT2D eigenvalue weighted by molar-refractivity contribution is -0.128. The maximum Gasteiger partial charge on any atom is 0.254 e. The molecule has 1 unspecified atom stereocenters. The summed E-state index contributed by atoms with van der Waals surface area (Å²) in [4.78, 5) is 28.3. The largest absolute Gasteiger partial charge is 0.352 e. The third-order valence-electron chi connectivity index (χ3n) is 4.54. The Morgan fingerprint density at radius 1 is 1.21 bits per heavy atom. The summed E-state index contributed by atoms with van der Waals surface area (Å²) in [5, 5.41) is 14.6. The molecular weight excluding hydrogens is 363 g/mol. The summed E-state index contributed by atoms with van der Waals surface area (Å²) in [6.07, 6.45) is 0. The van der Waals surface area contributed by atoms with Crippen LogP contribution in [0.1, 0.15) is 22.0 Å². The summed E-state index contributed by atoms with van der Waals surface area (Å²) in [6.45, 7) is 0.678. The van der Waals surface area contributed by atoms with E-state index in [0.29, 0.717) is 30.0 Å². The molecule has 1 N–H and O–H groups in total. The maximum absolute atomic E-state index is 13.7. The van der Waals surface area contributed by atoms with Crippen molar-refractivity contribution in [1.82, 2.24) is 30.4 Å². The van der Waals surface area contributed by atoms with Gasteiger partial charge in [0.15, 0.2) is 0 Å². The normalized spacial score (nSPS) is 16.7. The summed E-state index contributed by atoms with van der Waals surface area (Å²) in [5.74, 6) is -0.631. The average molecular weight is 380 g/mol. The van der Waals surface area contributed by atoms with Crippen molar-refractivity contribution in [2.45, 2.75) is 6.04 Å². The maximum atomic E-state index is 13.7. The van der Waals surface area contributed by atoms with Gasteiger partial charge in [0.05, 0.1) is 7.05 Å². The van der Waals surface area contributed by atoms with Crippen molar-refractivity contribution in [2.75, 3.05) is 13.1 Å². The van der Waals surface area contributed by atoms with Crippen LogP contribution in [0.2, 0.25) is 0 Å². The van der Waals surface area contributed by atoms with Gasteiger partial charge in [-0.3, -0.25) is 9.59 Å². The minimum Gasteiger partial charge on any atom is -0.352 e. The SMILES string of the molecule is Cn1nnc(-c2ccc(C(=O)N3CCNC(=O)C3c3cccc(F)c3)cc2)n1. The van der Waals surface area contributed by atoms with Crippen molar-refractivity contribution in [3.05, 3.63) is 65.5 Å². The predicted molar refractivity (Wildman–Crippen MR) is 97.4 cm³/mol. The molecule has 2 aromatic carbocycles. The molecule has 0 spiro atoms. The Balaban J connectivity index is 1.62. The minimum absolute atomic E-state index is 0.303. The Hall–Kier alpha value is -3.62. The van der Waals surface area contributed by atoms with E-state index in [1.165, 1.54) is 27.9 Å². The Labute approximate surface area is 160 Å². The second kappa shape index (κ2) is 7.18. The molecule has 9 heteroatoms. The highest BCUT2D eigenvalue weighted by Gasteiger charge is 2.35. The minimum atomic E-state index is -0.877. The first-order valence-electron chi connectivity index (χ1n) is 8.71. The molecule has 28 heavy (non-hydrogen) atoms. The summed E-state index contributed by atoms with van der Waals surface area (Å²) < 4.78 is 13.7. The first kappa shape index (κ1) is 17.8. The third kappa shape index (κ3) is 3.34. The predicted octanol–water partition coefficient (Wildman–Crippen LogP) is 1.33. The molecule has 1 aliphatic rings. The van der Waals surface area contributed by atoms with Crippen LogP contribution < -0.4 is 5.32 Å². The van der Waals surface area contributed by atoms with Crippen LogP contribution in [-0.4, -0.2) is 50.0 Å². The molecule has 3 aromatic rings. The van der Waals surface area contributed by atoms with Crippen molar-refractivity contribution in [3.63, 3.8) is 0 Å². The summed E-state index contributed by atoms with van der Waals surface area (Å²) in [7, 11) is 1.67. The van der Waals surface area contributed by atoms with E-state index in [1.54, 1.807) is 37.4 Å². The number of amides is 2. The number of aromatic nitrogens is 4. The highest BCUT2D eigenvalue weighted by molar-refractivity contribution is 5.98. The van der Waals surface area contributed by atoms with E-state index in [4.69, 9.17) is 0 Å². The molecule has 0 aliphatic carbocycles. The van der Waals surface area contributed by atoms with Crippen LogP contribution in [0.5, 0.6) is 0 Å². The van der Waals surface area contributed by atoms with Gasteiger partial charge in [-0.25, -0.2) is 4.39 Å². The molecular formula is C19H17FN6O2. The van der Waals surface area contributed by atoms with E-state index >= 15 is 0 Å². The zero-order valence-electron chi connectivity index (χ0n) is 15.0. The Morgan fingerprint density at radius 3 is 2.68 bits per heavy atom. The van der Waals surface area contributed by atoms with E-state index in [1.807, 2.05) is 0 Å².